The Morgan fingerprint density at radius 3 is 2.06 bits per heavy atom. The Bertz CT molecular complexity index is 455. The molecule has 0 fully saturated rings. The molecule has 0 aromatic heterocycles. The predicted octanol–water partition coefficient (Wildman–Crippen LogP) is 4.49. The highest BCUT2D eigenvalue weighted by atomic mass is 35.5. The monoisotopic (exact) mass is 228 g/mol. The van der Waals surface area contributed by atoms with Crippen LogP contribution in [0.15, 0.2) is 60.1 Å². The average Bonchev–Trinajstić information content (AvgIpc) is 2.33. The molecule has 80 valence electrons. The van der Waals surface area contributed by atoms with Crippen molar-refractivity contribution in [1.82, 2.24) is 0 Å². The van der Waals surface area contributed by atoms with Crippen molar-refractivity contribution < 1.29 is 0 Å². The smallest absolute Gasteiger partial charge is 0.00484 e. The summed E-state index contributed by atoms with van der Waals surface area (Å²) in [5, 5.41) is 0. The molecule has 0 N–H and O–H groups in total. The summed E-state index contributed by atoms with van der Waals surface area (Å²) >= 11 is 5.53. The molecule has 0 atom stereocenters. The van der Waals surface area contributed by atoms with Crippen LogP contribution >= 0.6 is 11.6 Å². The molecule has 0 saturated carbocycles. The van der Waals surface area contributed by atoms with E-state index in [9.17, 15) is 0 Å². The molecule has 0 heterocycles. The SMILES string of the molecule is ClC=Cc1ccc(Cc2ccccc2)cc1. The van der Waals surface area contributed by atoms with Gasteiger partial charge in [0.2, 0.25) is 0 Å². The second-order valence-electron chi connectivity index (χ2n) is 3.70. The molecule has 0 aliphatic heterocycles. The van der Waals surface area contributed by atoms with Crippen LogP contribution in [0.1, 0.15) is 16.7 Å². The van der Waals surface area contributed by atoms with Crippen LogP contribution in [0.2, 0.25) is 0 Å². The second-order valence-corrected chi connectivity index (χ2v) is 3.95. The first kappa shape index (κ1) is 11.0. The van der Waals surface area contributed by atoms with Crippen molar-refractivity contribution in [3.8, 4) is 0 Å². The van der Waals surface area contributed by atoms with Gasteiger partial charge in [0, 0.05) is 5.54 Å². The molecule has 0 unspecified atom stereocenters. The number of rotatable bonds is 3. The van der Waals surface area contributed by atoms with Gasteiger partial charge in [0.25, 0.3) is 0 Å². The molecule has 2 aromatic carbocycles. The third-order valence-corrected chi connectivity index (χ3v) is 2.61. The Balaban J connectivity index is 2.11. The summed E-state index contributed by atoms with van der Waals surface area (Å²) in [5.41, 5.74) is 5.32. The van der Waals surface area contributed by atoms with Crippen LogP contribution in [0.4, 0.5) is 0 Å². The Kier molecular flexibility index (Phi) is 3.79. The summed E-state index contributed by atoms with van der Waals surface area (Å²) in [4.78, 5) is 0. The zero-order valence-corrected chi connectivity index (χ0v) is 9.69. The van der Waals surface area contributed by atoms with Gasteiger partial charge in [0.05, 0.1) is 0 Å². The second kappa shape index (κ2) is 5.53. The van der Waals surface area contributed by atoms with Crippen LogP contribution in [-0.2, 0) is 6.42 Å². The van der Waals surface area contributed by atoms with Gasteiger partial charge in [-0.2, -0.15) is 0 Å². The van der Waals surface area contributed by atoms with Crippen LogP contribution in [-0.4, -0.2) is 0 Å². The quantitative estimate of drug-likeness (QED) is 0.726. The van der Waals surface area contributed by atoms with E-state index in [2.05, 4.69) is 48.5 Å². The fraction of sp³-hybridized carbons (Fsp3) is 0.0667. The summed E-state index contributed by atoms with van der Waals surface area (Å²) in [7, 11) is 0. The highest BCUT2D eigenvalue weighted by Crippen LogP contribution is 2.11. The molecule has 0 spiro atoms. The number of hydrogen-bond donors (Lipinski definition) is 0. The molecule has 0 saturated heterocycles. The molecule has 2 aromatic rings. The highest BCUT2D eigenvalue weighted by Gasteiger charge is 1.95. The van der Waals surface area contributed by atoms with E-state index in [-0.39, 0.29) is 0 Å². The van der Waals surface area contributed by atoms with Gasteiger partial charge in [-0.05, 0) is 29.2 Å². The number of halogens is 1. The normalized spacial score (nSPS) is 10.8. The van der Waals surface area contributed by atoms with Gasteiger partial charge >= 0.3 is 0 Å². The van der Waals surface area contributed by atoms with E-state index in [1.807, 2.05) is 12.1 Å². The van der Waals surface area contributed by atoms with Crippen LogP contribution in [0.3, 0.4) is 0 Å². The molecule has 16 heavy (non-hydrogen) atoms. The van der Waals surface area contributed by atoms with Gasteiger partial charge in [-0.1, -0.05) is 66.2 Å². The summed E-state index contributed by atoms with van der Waals surface area (Å²) in [5.74, 6) is 0. The number of hydrogen-bond acceptors (Lipinski definition) is 0. The Hall–Kier alpha value is -1.53. The van der Waals surface area contributed by atoms with E-state index < -0.39 is 0 Å². The van der Waals surface area contributed by atoms with Crippen LogP contribution in [0.5, 0.6) is 0 Å². The van der Waals surface area contributed by atoms with Crippen LogP contribution in [0.25, 0.3) is 6.08 Å². The molecule has 0 radical (unpaired) electrons. The van der Waals surface area contributed by atoms with Gasteiger partial charge in [0.15, 0.2) is 0 Å². The van der Waals surface area contributed by atoms with Crippen LogP contribution in [0, 0.1) is 0 Å². The largest absolute Gasteiger partial charge is 0.0929 e. The third kappa shape index (κ3) is 2.98. The molecule has 0 aliphatic carbocycles. The molecule has 0 nitrogen and oxygen atoms in total. The Morgan fingerprint density at radius 1 is 0.812 bits per heavy atom. The lowest BCUT2D eigenvalue weighted by atomic mass is 10.0. The van der Waals surface area contributed by atoms with E-state index in [1.54, 1.807) is 0 Å². The maximum atomic E-state index is 5.53. The first-order chi connectivity index (χ1) is 7.88. The standard InChI is InChI=1S/C15H13Cl/c16-11-10-13-6-8-15(9-7-13)12-14-4-2-1-3-5-14/h1-11H,12H2. The van der Waals surface area contributed by atoms with Gasteiger partial charge in [-0.3, -0.25) is 0 Å². The van der Waals surface area contributed by atoms with Crippen molar-refractivity contribution in [3.63, 3.8) is 0 Å². The van der Waals surface area contributed by atoms with Crippen molar-refractivity contribution in [2.45, 2.75) is 6.42 Å². The zero-order chi connectivity index (χ0) is 11.2. The van der Waals surface area contributed by atoms with E-state index in [1.165, 1.54) is 16.7 Å². The maximum Gasteiger partial charge on any atom is 0.00484 e. The first-order valence-corrected chi connectivity index (χ1v) is 5.72. The molecular weight excluding hydrogens is 216 g/mol. The Morgan fingerprint density at radius 2 is 1.44 bits per heavy atom. The van der Waals surface area contributed by atoms with Gasteiger partial charge in [-0.25, -0.2) is 0 Å². The fourth-order valence-corrected chi connectivity index (χ4v) is 1.80. The first-order valence-electron chi connectivity index (χ1n) is 5.28. The van der Waals surface area contributed by atoms with E-state index in [0.717, 1.165) is 12.0 Å². The van der Waals surface area contributed by atoms with E-state index in [0.29, 0.717) is 0 Å². The molecule has 0 amide bonds. The van der Waals surface area contributed by atoms with E-state index >= 15 is 0 Å². The third-order valence-electron chi connectivity index (χ3n) is 2.49. The minimum absolute atomic E-state index is 0.978. The average molecular weight is 229 g/mol. The summed E-state index contributed by atoms with van der Waals surface area (Å²) < 4.78 is 0. The maximum absolute atomic E-state index is 5.53. The van der Waals surface area contributed by atoms with Crippen molar-refractivity contribution in [1.29, 1.82) is 0 Å². The predicted molar refractivity (Wildman–Crippen MR) is 70.6 cm³/mol. The minimum Gasteiger partial charge on any atom is -0.0929 e. The molecular formula is C15H13Cl. The van der Waals surface area contributed by atoms with Crippen molar-refractivity contribution in [2.24, 2.45) is 0 Å². The lowest BCUT2D eigenvalue weighted by Crippen LogP contribution is -1.87. The summed E-state index contributed by atoms with van der Waals surface area (Å²) in [6, 6.07) is 18.9. The molecule has 0 aliphatic rings. The van der Waals surface area contributed by atoms with E-state index in [4.69, 9.17) is 11.6 Å². The van der Waals surface area contributed by atoms with Crippen molar-refractivity contribution in [3.05, 3.63) is 76.8 Å². The summed E-state index contributed by atoms with van der Waals surface area (Å²) in [6.45, 7) is 0. The van der Waals surface area contributed by atoms with Gasteiger partial charge < -0.3 is 0 Å². The molecule has 2 rings (SSSR count). The lowest BCUT2D eigenvalue weighted by molar-refractivity contribution is 1.19. The van der Waals surface area contributed by atoms with Crippen molar-refractivity contribution >= 4 is 17.7 Å². The lowest BCUT2D eigenvalue weighted by Gasteiger charge is -2.02. The molecule has 0 bridgehead atoms. The minimum atomic E-state index is 0.978. The highest BCUT2D eigenvalue weighted by molar-refractivity contribution is 6.27. The van der Waals surface area contributed by atoms with Crippen LogP contribution < -0.4 is 0 Å². The number of benzene rings is 2. The Labute approximate surface area is 101 Å². The zero-order valence-electron chi connectivity index (χ0n) is 8.94. The summed E-state index contributed by atoms with van der Waals surface area (Å²) in [6.07, 6.45) is 2.86. The topological polar surface area (TPSA) is 0 Å². The van der Waals surface area contributed by atoms with Crippen molar-refractivity contribution in [2.75, 3.05) is 0 Å². The molecule has 1 heteroatoms. The van der Waals surface area contributed by atoms with Gasteiger partial charge in [-0.15, -0.1) is 0 Å². The van der Waals surface area contributed by atoms with Gasteiger partial charge in [0.1, 0.15) is 0 Å². The fourth-order valence-electron chi connectivity index (χ4n) is 1.65.